The number of aromatic nitrogens is 2. The summed E-state index contributed by atoms with van der Waals surface area (Å²) in [7, 11) is 0. The van der Waals surface area contributed by atoms with Crippen LogP contribution in [-0.4, -0.2) is 58.9 Å². The highest BCUT2D eigenvalue weighted by Crippen LogP contribution is 2.23. The van der Waals surface area contributed by atoms with E-state index in [0.717, 1.165) is 32.2 Å². The Balaban J connectivity index is 1.28. The summed E-state index contributed by atoms with van der Waals surface area (Å²) in [5.74, 6) is 0.870. The Kier molecular flexibility index (Phi) is 6.03. The molecule has 152 valence electrons. The molecule has 2 aliphatic heterocycles. The molecule has 0 bridgehead atoms. The lowest BCUT2D eigenvalue weighted by atomic mass is 9.95. The second-order valence-electron chi connectivity index (χ2n) is 7.77. The van der Waals surface area contributed by atoms with E-state index >= 15 is 0 Å². The van der Waals surface area contributed by atoms with Gasteiger partial charge in [-0.1, -0.05) is 18.2 Å². The van der Waals surface area contributed by atoms with Gasteiger partial charge in [0.25, 0.3) is 5.91 Å². The highest BCUT2D eigenvalue weighted by atomic mass is 16.2. The van der Waals surface area contributed by atoms with Gasteiger partial charge in [-0.05, 0) is 43.9 Å². The summed E-state index contributed by atoms with van der Waals surface area (Å²) in [5.41, 5.74) is 0.677. The standard InChI is InChI=1S/C22H27N5O2/c28-20(17-6-2-1-3-7-17)25-19-9-14-26(15-10-19)21(29)18-8-4-13-27(16-18)22-23-11-5-12-24-22/h1-3,5-7,11-12,18-19H,4,8-10,13-16H2,(H,25,28). The SMILES string of the molecule is O=C(NC1CCN(C(=O)C2CCCN(c3ncccn3)C2)CC1)c1ccccc1. The molecule has 1 unspecified atom stereocenters. The molecular formula is C22H27N5O2. The molecule has 0 spiro atoms. The molecule has 2 saturated heterocycles. The van der Waals surface area contributed by atoms with Gasteiger partial charge in [0.05, 0.1) is 5.92 Å². The summed E-state index contributed by atoms with van der Waals surface area (Å²) in [4.78, 5) is 38.1. The van der Waals surface area contributed by atoms with Crippen LogP contribution in [0.25, 0.3) is 0 Å². The van der Waals surface area contributed by atoms with Crippen molar-refractivity contribution in [3.63, 3.8) is 0 Å². The molecule has 2 amide bonds. The minimum Gasteiger partial charge on any atom is -0.349 e. The fourth-order valence-electron chi connectivity index (χ4n) is 4.18. The molecule has 7 heteroatoms. The van der Waals surface area contributed by atoms with Crippen molar-refractivity contribution in [1.29, 1.82) is 0 Å². The maximum absolute atomic E-state index is 13.1. The lowest BCUT2D eigenvalue weighted by Gasteiger charge is -2.38. The van der Waals surface area contributed by atoms with E-state index in [2.05, 4.69) is 20.2 Å². The largest absolute Gasteiger partial charge is 0.349 e. The average molecular weight is 393 g/mol. The van der Waals surface area contributed by atoms with Crippen molar-refractivity contribution < 1.29 is 9.59 Å². The number of carbonyl (C=O) groups excluding carboxylic acids is 2. The molecule has 2 aliphatic rings. The number of amides is 2. The molecule has 2 aromatic rings. The van der Waals surface area contributed by atoms with Gasteiger partial charge in [-0.25, -0.2) is 9.97 Å². The molecule has 1 aromatic carbocycles. The quantitative estimate of drug-likeness (QED) is 0.861. The number of anilines is 1. The first kappa shape index (κ1) is 19.4. The first-order valence-electron chi connectivity index (χ1n) is 10.4. The fraction of sp³-hybridized carbons (Fsp3) is 0.455. The smallest absolute Gasteiger partial charge is 0.251 e. The second-order valence-corrected chi connectivity index (χ2v) is 7.77. The molecule has 29 heavy (non-hydrogen) atoms. The Hall–Kier alpha value is -2.96. The zero-order valence-corrected chi connectivity index (χ0v) is 16.5. The maximum atomic E-state index is 13.1. The van der Waals surface area contributed by atoms with E-state index < -0.39 is 0 Å². The lowest BCUT2D eigenvalue weighted by molar-refractivity contribution is -0.136. The number of benzene rings is 1. The van der Waals surface area contributed by atoms with Gasteiger partial charge in [-0.2, -0.15) is 0 Å². The molecule has 3 heterocycles. The number of hydrogen-bond donors (Lipinski definition) is 1. The van der Waals surface area contributed by atoms with Crippen LogP contribution in [0.1, 0.15) is 36.0 Å². The number of likely N-dealkylation sites (tertiary alicyclic amines) is 1. The van der Waals surface area contributed by atoms with Crippen molar-refractivity contribution in [2.75, 3.05) is 31.1 Å². The van der Waals surface area contributed by atoms with Crippen LogP contribution in [0.5, 0.6) is 0 Å². The third kappa shape index (κ3) is 4.72. The van der Waals surface area contributed by atoms with Crippen molar-refractivity contribution in [2.45, 2.75) is 31.7 Å². The van der Waals surface area contributed by atoms with E-state index in [1.807, 2.05) is 35.2 Å². The van der Waals surface area contributed by atoms with Crippen LogP contribution >= 0.6 is 0 Å². The molecule has 1 aromatic heterocycles. The fourth-order valence-corrected chi connectivity index (χ4v) is 4.18. The molecule has 1 atom stereocenters. The topological polar surface area (TPSA) is 78.4 Å². The van der Waals surface area contributed by atoms with Crippen molar-refractivity contribution in [3.8, 4) is 0 Å². The summed E-state index contributed by atoms with van der Waals surface area (Å²) in [6.07, 6.45) is 6.95. The van der Waals surface area contributed by atoms with Gasteiger partial charge in [0.1, 0.15) is 0 Å². The Morgan fingerprint density at radius 1 is 0.931 bits per heavy atom. The number of piperidine rings is 2. The first-order chi connectivity index (χ1) is 14.2. The molecular weight excluding hydrogens is 366 g/mol. The van der Waals surface area contributed by atoms with E-state index in [1.165, 1.54) is 0 Å². The maximum Gasteiger partial charge on any atom is 0.251 e. The molecule has 1 N–H and O–H groups in total. The summed E-state index contributed by atoms with van der Waals surface area (Å²) in [6, 6.07) is 11.2. The molecule has 7 nitrogen and oxygen atoms in total. The van der Waals surface area contributed by atoms with Gasteiger partial charge in [-0.3, -0.25) is 9.59 Å². The molecule has 2 fully saturated rings. The predicted molar refractivity (Wildman–Crippen MR) is 110 cm³/mol. The predicted octanol–water partition coefficient (Wildman–Crippen LogP) is 2.11. The third-order valence-electron chi connectivity index (χ3n) is 5.78. The highest BCUT2D eigenvalue weighted by molar-refractivity contribution is 5.94. The highest BCUT2D eigenvalue weighted by Gasteiger charge is 2.32. The number of carbonyl (C=O) groups is 2. The van der Waals surface area contributed by atoms with E-state index in [1.54, 1.807) is 18.5 Å². The lowest BCUT2D eigenvalue weighted by Crippen LogP contribution is -2.50. The van der Waals surface area contributed by atoms with Gasteiger partial charge in [-0.15, -0.1) is 0 Å². The molecule has 0 radical (unpaired) electrons. The van der Waals surface area contributed by atoms with E-state index in [4.69, 9.17) is 0 Å². The Bertz CT molecular complexity index is 822. The zero-order valence-electron chi connectivity index (χ0n) is 16.5. The normalized spacial score (nSPS) is 20.3. The van der Waals surface area contributed by atoms with Crippen LogP contribution in [0.4, 0.5) is 5.95 Å². The van der Waals surface area contributed by atoms with Crippen LogP contribution in [0.2, 0.25) is 0 Å². The molecule has 0 saturated carbocycles. The van der Waals surface area contributed by atoms with E-state index in [-0.39, 0.29) is 23.8 Å². The van der Waals surface area contributed by atoms with Gasteiger partial charge in [0.15, 0.2) is 0 Å². The van der Waals surface area contributed by atoms with Crippen LogP contribution < -0.4 is 10.2 Å². The number of nitrogens with zero attached hydrogens (tertiary/aromatic N) is 4. The second kappa shape index (κ2) is 9.03. The Morgan fingerprint density at radius 2 is 1.66 bits per heavy atom. The Morgan fingerprint density at radius 3 is 2.38 bits per heavy atom. The van der Waals surface area contributed by atoms with Gasteiger partial charge >= 0.3 is 0 Å². The van der Waals surface area contributed by atoms with Crippen LogP contribution in [-0.2, 0) is 4.79 Å². The van der Waals surface area contributed by atoms with Crippen LogP contribution in [0.3, 0.4) is 0 Å². The van der Waals surface area contributed by atoms with Gasteiger partial charge < -0.3 is 15.1 Å². The molecule has 4 rings (SSSR count). The first-order valence-corrected chi connectivity index (χ1v) is 10.4. The number of hydrogen-bond acceptors (Lipinski definition) is 5. The summed E-state index contributed by atoms with van der Waals surface area (Å²) >= 11 is 0. The van der Waals surface area contributed by atoms with E-state index in [9.17, 15) is 9.59 Å². The van der Waals surface area contributed by atoms with Gasteiger partial charge in [0.2, 0.25) is 11.9 Å². The molecule has 0 aliphatic carbocycles. The third-order valence-corrected chi connectivity index (χ3v) is 5.78. The van der Waals surface area contributed by atoms with Crippen molar-refractivity contribution in [3.05, 3.63) is 54.4 Å². The summed E-state index contributed by atoms with van der Waals surface area (Å²) in [5, 5.41) is 3.10. The summed E-state index contributed by atoms with van der Waals surface area (Å²) in [6.45, 7) is 2.95. The monoisotopic (exact) mass is 393 g/mol. The number of nitrogens with one attached hydrogen (secondary N) is 1. The van der Waals surface area contributed by atoms with Crippen LogP contribution in [0, 0.1) is 5.92 Å². The minimum absolute atomic E-state index is 0.0111. The zero-order chi connectivity index (χ0) is 20.1. The minimum atomic E-state index is -0.0406. The number of rotatable bonds is 4. The summed E-state index contributed by atoms with van der Waals surface area (Å²) < 4.78 is 0. The Labute approximate surface area is 171 Å². The van der Waals surface area contributed by atoms with E-state index in [0.29, 0.717) is 31.1 Å². The average Bonchev–Trinajstić information content (AvgIpc) is 2.80. The van der Waals surface area contributed by atoms with Crippen molar-refractivity contribution >= 4 is 17.8 Å². The van der Waals surface area contributed by atoms with Crippen molar-refractivity contribution in [1.82, 2.24) is 20.2 Å². The van der Waals surface area contributed by atoms with Crippen LogP contribution in [0.15, 0.2) is 48.8 Å². The van der Waals surface area contributed by atoms with Crippen molar-refractivity contribution in [2.24, 2.45) is 5.92 Å². The van der Waals surface area contributed by atoms with Gasteiger partial charge in [0, 0.05) is 50.2 Å².